The van der Waals surface area contributed by atoms with Gasteiger partial charge in [-0.2, -0.15) is 0 Å². The number of rotatable bonds is 4. The molecular formula is C15H17FN2O2S. The Bertz CT molecular complexity index is 576. The molecule has 0 unspecified atom stereocenters. The van der Waals surface area contributed by atoms with Crippen molar-refractivity contribution in [1.82, 2.24) is 9.88 Å². The Balaban J connectivity index is 1.79. The van der Waals surface area contributed by atoms with Gasteiger partial charge in [0, 0.05) is 24.0 Å². The topological polar surface area (TPSA) is 56.6 Å². The second-order valence-electron chi connectivity index (χ2n) is 5.25. The summed E-state index contributed by atoms with van der Waals surface area (Å²) >= 11 is 1.56. The standard InChI is InChI=1S/C15H17FN2O2S/c16-11-3-1-10(2-4-11)12-7-18(13(9-19)15(12)20)8-14-17-5-6-21-14/h1-6,12-13,15,19-20H,7-9H2/t12-,13-,15-/m1/s1. The molecule has 112 valence electrons. The summed E-state index contributed by atoms with van der Waals surface area (Å²) in [6.45, 7) is 1.12. The highest BCUT2D eigenvalue weighted by Gasteiger charge is 2.41. The minimum atomic E-state index is -0.666. The molecule has 0 aliphatic carbocycles. The van der Waals surface area contributed by atoms with Crippen molar-refractivity contribution in [2.24, 2.45) is 0 Å². The first-order valence-electron chi connectivity index (χ1n) is 6.86. The monoisotopic (exact) mass is 308 g/mol. The molecule has 1 fully saturated rings. The summed E-state index contributed by atoms with van der Waals surface area (Å²) < 4.78 is 13.0. The van der Waals surface area contributed by atoms with Crippen LogP contribution in [0.3, 0.4) is 0 Å². The number of hydrogen-bond acceptors (Lipinski definition) is 5. The van der Waals surface area contributed by atoms with E-state index in [1.807, 2.05) is 10.3 Å². The minimum absolute atomic E-state index is 0.107. The quantitative estimate of drug-likeness (QED) is 0.901. The largest absolute Gasteiger partial charge is 0.395 e. The van der Waals surface area contributed by atoms with Crippen LogP contribution in [0.2, 0.25) is 0 Å². The Morgan fingerprint density at radius 2 is 2.10 bits per heavy atom. The molecule has 1 aliphatic heterocycles. The molecule has 3 rings (SSSR count). The van der Waals surface area contributed by atoms with E-state index in [2.05, 4.69) is 4.98 Å². The molecule has 0 saturated carbocycles. The molecule has 0 amide bonds. The van der Waals surface area contributed by atoms with Gasteiger partial charge in [-0.15, -0.1) is 11.3 Å². The third-order valence-electron chi connectivity index (χ3n) is 4.01. The van der Waals surface area contributed by atoms with Gasteiger partial charge < -0.3 is 10.2 Å². The van der Waals surface area contributed by atoms with Gasteiger partial charge in [0.05, 0.1) is 25.3 Å². The summed E-state index contributed by atoms with van der Waals surface area (Å²) in [6.07, 6.45) is 1.08. The van der Waals surface area contributed by atoms with Gasteiger partial charge in [0.2, 0.25) is 0 Å². The Morgan fingerprint density at radius 1 is 1.33 bits per heavy atom. The predicted molar refractivity (Wildman–Crippen MR) is 78.5 cm³/mol. The number of aliphatic hydroxyl groups is 2. The van der Waals surface area contributed by atoms with Gasteiger partial charge in [0.15, 0.2) is 0 Å². The van der Waals surface area contributed by atoms with Crippen molar-refractivity contribution >= 4 is 11.3 Å². The summed E-state index contributed by atoms with van der Waals surface area (Å²) in [7, 11) is 0. The van der Waals surface area contributed by atoms with E-state index >= 15 is 0 Å². The van der Waals surface area contributed by atoms with Crippen molar-refractivity contribution in [3.05, 3.63) is 52.2 Å². The van der Waals surface area contributed by atoms with Crippen molar-refractivity contribution in [3.63, 3.8) is 0 Å². The first kappa shape index (κ1) is 14.6. The van der Waals surface area contributed by atoms with E-state index in [9.17, 15) is 14.6 Å². The van der Waals surface area contributed by atoms with Crippen molar-refractivity contribution in [2.45, 2.75) is 24.6 Å². The Morgan fingerprint density at radius 3 is 2.71 bits per heavy atom. The Hall–Kier alpha value is -1.34. The highest BCUT2D eigenvalue weighted by Crippen LogP contribution is 2.33. The molecule has 0 bridgehead atoms. The van der Waals surface area contributed by atoms with E-state index < -0.39 is 6.10 Å². The number of benzene rings is 1. The maximum absolute atomic E-state index is 13.0. The molecule has 0 radical (unpaired) electrons. The molecule has 2 aromatic rings. The predicted octanol–water partition coefficient (Wildman–Crippen LogP) is 1.60. The van der Waals surface area contributed by atoms with Crippen LogP contribution in [-0.2, 0) is 6.54 Å². The van der Waals surface area contributed by atoms with Gasteiger partial charge in [0.1, 0.15) is 10.8 Å². The fraction of sp³-hybridized carbons (Fsp3) is 0.400. The van der Waals surface area contributed by atoms with Crippen molar-refractivity contribution in [1.29, 1.82) is 0 Å². The summed E-state index contributed by atoms with van der Waals surface area (Å²) in [5, 5.41) is 22.9. The van der Waals surface area contributed by atoms with E-state index in [0.29, 0.717) is 13.1 Å². The molecule has 6 heteroatoms. The lowest BCUT2D eigenvalue weighted by atomic mass is 9.94. The normalized spacial score (nSPS) is 26.3. The van der Waals surface area contributed by atoms with E-state index in [4.69, 9.17) is 0 Å². The number of nitrogens with zero attached hydrogens (tertiary/aromatic N) is 2. The van der Waals surface area contributed by atoms with Crippen molar-refractivity contribution in [2.75, 3.05) is 13.2 Å². The van der Waals surface area contributed by atoms with Crippen LogP contribution in [0.25, 0.3) is 0 Å². The van der Waals surface area contributed by atoms with Crippen LogP contribution in [0.15, 0.2) is 35.8 Å². The molecule has 21 heavy (non-hydrogen) atoms. The molecule has 4 nitrogen and oxygen atoms in total. The van der Waals surface area contributed by atoms with Crippen LogP contribution in [-0.4, -0.2) is 45.4 Å². The van der Waals surface area contributed by atoms with Crippen LogP contribution in [0.4, 0.5) is 4.39 Å². The summed E-state index contributed by atoms with van der Waals surface area (Å²) in [5.41, 5.74) is 0.893. The first-order chi connectivity index (χ1) is 10.2. The second-order valence-corrected chi connectivity index (χ2v) is 6.23. The Kier molecular flexibility index (Phi) is 4.30. The maximum atomic E-state index is 13.0. The molecule has 2 N–H and O–H groups in total. The summed E-state index contributed by atoms with van der Waals surface area (Å²) in [4.78, 5) is 6.29. The van der Waals surface area contributed by atoms with E-state index in [1.165, 1.54) is 12.1 Å². The van der Waals surface area contributed by atoms with E-state index in [-0.39, 0.29) is 24.4 Å². The number of thiazole rings is 1. The SMILES string of the molecule is OC[C@@H]1[C@H](O)[C@@H](c2ccc(F)cc2)CN1Cc1nccs1. The van der Waals surface area contributed by atoms with Gasteiger partial charge in [0.25, 0.3) is 0 Å². The van der Waals surface area contributed by atoms with E-state index in [1.54, 1.807) is 29.7 Å². The molecular weight excluding hydrogens is 291 g/mol. The molecule has 1 aromatic heterocycles. The Labute approximate surface area is 126 Å². The zero-order chi connectivity index (χ0) is 14.8. The zero-order valence-electron chi connectivity index (χ0n) is 11.4. The summed E-state index contributed by atoms with van der Waals surface area (Å²) in [6, 6.07) is 5.89. The van der Waals surface area contributed by atoms with Crippen LogP contribution < -0.4 is 0 Å². The molecule has 1 aliphatic rings. The first-order valence-corrected chi connectivity index (χ1v) is 7.74. The van der Waals surface area contributed by atoms with Gasteiger partial charge >= 0.3 is 0 Å². The van der Waals surface area contributed by atoms with Crippen molar-refractivity contribution in [3.8, 4) is 0 Å². The average Bonchev–Trinajstić information content (AvgIpc) is 3.09. The van der Waals surface area contributed by atoms with Crippen LogP contribution in [0.1, 0.15) is 16.5 Å². The van der Waals surface area contributed by atoms with Crippen LogP contribution in [0, 0.1) is 5.82 Å². The van der Waals surface area contributed by atoms with Crippen molar-refractivity contribution < 1.29 is 14.6 Å². The van der Waals surface area contributed by atoms with Gasteiger partial charge in [-0.05, 0) is 17.7 Å². The molecule has 2 heterocycles. The number of aromatic nitrogens is 1. The fourth-order valence-electron chi connectivity index (χ4n) is 2.90. The number of aliphatic hydroxyl groups excluding tert-OH is 2. The number of hydrogen-bond donors (Lipinski definition) is 2. The maximum Gasteiger partial charge on any atom is 0.123 e. The number of halogens is 1. The lowest BCUT2D eigenvalue weighted by Gasteiger charge is -2.22. The number of likely N-dealkylation sites (tertiary alicyclic amines) is 1. The van der Waals surface area contributed by atoms with Gasteiger partial charge in [-0.3, -0.25) is 4.90 Å². The highest BCUT2D eigenvalue weighted by molar-refractivity contribution is 7.09. The van der Waals surface area contributed by atoms with Crippen LogP contribution >= 0.6 is 11.3 Å². The second kappa shape index (κ2) is 6.19. The third kappa shape index (κ3) is 2.98. The summed E-state index contributed by atoms with van der Waals surface area (Å²) in [5.74, 6) is -0.410. The fourth-order valence-corrected chi connectivity index (χ4v) is 3.54. The molecule has 1 aromatic carbocycles. The lowest BCUT2D eigenvalue weighted by Crippen LogP contribution is -2.38. The lowest BCUT2D eigenvalue weighted by molar-refractivity contribution is 0.0641. The smallest absolute Gasteiger partial charge is 0.123 e. The van der Waals surface area contributed by atoms with Crippen LogP contribution in [0.5, 0.6) is 0 Å². The van der Waals surface area contributed by atoms with E-state index in [0.717, 1.165) is 10.6 Å². The zero-order valence-corrected chi connectivity index (χ0v) is 12.2. The molecule has 3 atom stereocenters. The average molecular weight is 308 g/mol. The molecule has 1 saturated heterocycles. The highest BCUT2D eigenvalue weighted by atomic mass is 32.1. The minimum Gasteiger partial charge on any atom is -0.395 e. The molecule has 0 spiro atoms. The van der Waals surface area contributed by atoms with Gasteiger partial charge in [-0.25, -0.2) is 9.37 Å². The van der Waals surface area contributed by atoms with Gasteiger partial charge in [-0.1, -0.05) is 12.1 Å². The third-order valence-corrected chi connectivity index (χ3v) is 4.78.